The molecule has 1 atom stereocenters. The maximum Gasteiger partial charge on any atom is 0.389 e. The summed E-state index contributed by atoms with van der Waals surface area (Å²) in [6, 6.07) is 2.69. The Kier molecular flexibility index (Phi) is 6.79. The van der Waals surface area contributed by atoms with Crippen LogP contribution in [-0.2, 0) is 6.42 Å². The van der Waals surface area contributed by atoms with E-state index < -0.39 is 30.7 Å². The standard InChI is InChI=1S/C20H23F5/c1-2-3-4-5-14-6-8-15(9-7-14)17-11-10-16(18(21)19(17)22)12-13-20(23,24)25/h2-3,8,10-11,14H,4-7,9,12-13H2,1H3/b3-2+. The zero-order chi connectivity index (χ0) is 18.4. The number of benzene rings is 1. The van der Waals surface area contributed by atoms with Crippen molar-refractivity contribution < 1.29 is 22.0 Å². The molecule has 5 heteroatoms. The molecule has 1 aromatic carbocycles. The third kappa shape index (κ3) is 5.68. The smallest absolute Gasteiger partial charge is 0.203 e. The maximum absolute atomic E-state index is 14.3. The van der Waals surface area contributed by atoms with Crippen LogP contribution in [0, 0.1) is 17.6 Å². The lowest BCUT2D eigenvalue weighted by Crippen LogP contribution is -2.11. The summed E-state index contributed by atoms with van der Waals surface area (Å²) in [7, 11) is 0. The molecule has 1 aliphatic rings. The second-order valence-corrected chi connectivity index (χ2v) is 6.53. The normalized spacial score (nSPS) is 18.6. The van der Waals surface area contributed by atoms with E-state index in [2.05, 4.69) is 6.08 Å². The fourth-order valence-electron chi connectivity index (χ4n) is 3.20. The van der Waals surface area contributed by atoms with Crippen molar-refractivity contribution in [1.82, 2.24) is 0 Å². The van der Waals surface area contributed by atoms with Crippen LogP contribution in [0.1, 0.15) is 56.6 Å². The molecule has 1 aromatic rings. The van der Waals surface area contributed by atoms with Gasteiger partial charge in [0, 0.05) is 12.0 Å². The minimum atomic E-state index is -4.38. The number of alkyl halides is 3. The van der Waals surface area contributed by atoms with Gasteiger partial charge in [-0.05, 0) is 62.5 Å². The van der Waals surface area contributed by atoms with Crippen LogP contribution in [0.15, 0.2) is 30.4 Å². The molecule has 138 valence electrons. The molecule has 0 saturated carbocycles. The first-order chi connectivity index (χ1) is 11.8. The van der Waals surface area contributed by atoms with Crippen molar-refractivity contribution in [1.29, 1.82) is 0 Å². The Balaban J connectivity index is 2.06. The number of halogens is 5. The molecular weight excluding hydrogens is 335 g/mol. The zero-order valence-electron chi connectivity index (χ0n) is 14.3. The van der Waals surface area contributed by atoms with E-state index in [1.165, 1.54) is 12.1 Å². The molecule has 0 saturated heterocycles. The highest BCUT2D eigenvalue weighted by atomic mass is 19.4. The van der Waals surface area contributed by atoms with Crippen LogP contribution in [0.2, 0.25) is 0 Å². The molecule has 0 bridgehead atoms. The first kappa shape index (κ1) is 19.7. The maximum atomic E-state index is 14.3. The molecule has 25 heavy (non-hydrogen) atoms. The van der Waals surface area contributed by atoms with Crippen LogP contribution >= 0.6 is 0 Å². The van der Waals surface area contributed by atoms with E-state index in [0.717, 1.165) is 31.3 Å². The van der Waals surface area contributed by atoms with E-state index in [1.807, 2.05) is 19.1 Å². The van der Waals surface area contributed by atoms with E-state index in [4.69, 9.17) is 0 Å². The number of aryl methyl sites for hydroxylation is 1. The van der Waals surface area contributed by atoms with Gasteiger partial charge in [0.05, 0.1) is 0 Å². The number of hydrogen-bond acceptors (Lipinski definition) is 0. The molecule has 1 aliphatic carbocycles. The molecule has 0 aromatic heterocycles. The van der Waals surface area contributed by atoms with E-state index in [0.29, 0.717) is 12.3 Å². The fourth-order valence-corrected chi connectivity index (χ4v) is 3.20. The molecule has 0 heterocycles. The van der Waals surface area contributed by atoms with Gasteiger partial charge in [-0.15, -0.1) is 0 Å². The average Bonchev–Trinajstić information content (AvgIpc) is 2.56. The van der Waals surface area contributed by atoms with E-state index >= 15 is 0 Å². The van der Waals surface area contributed by atoms with Gasteiger partial charge < -0.3 is 0 Å². The van der Waals surface area contributed by atoms with Gasteiger partial charge in [-0.1, -0.05) is 30.4 Å². The van der Waals surface area contributed by atoms with Crippen molar-refractivity contribution >= 4 is 5.57 Å². The number of hydrogen-bond donors (Lipinski definition) is 0. The Morgan fingerprint density at radius 2 is 1.92 bits per heavy atom. The van der Waals surface area contributed by atoms with Crippen molar-refractivity contribution in [3.8, 4) is 0 Å². The van der Waals surface area contributed by atoms with Crippen LogP contribution < -0.4 is 0 Å². The largest absolute Gasteiger partial charge is 0.389 e. The Labute approximate surface area is 145 Å². The summed E-state index contributed by atoms with van der Waals surface area (Å²) in [6.07, 6.45) is 4.49. The summed E-state index contributed by atoms with van der Waals surface area (Å²) >= 11 is 0. The van der Waals surface area contributed by atoms with Crippen molar-refractivity contribution in [3.05, 3.63) is 53.1 Å². The van der Waals surface area contributed by atoms with Crippen LogP contribution in [0.5, 0.6) is 0 Å². The lowest BCUT2D eigenvalue weighted by atomic mass is 9.84. The molecule has 0 amide bonds. The number of rotatable bonds is 6. The third-order valence-corrected chi connectivity index (χ3v) is 4.68. The van der Waals surface area contributed by atoms with E-state index in [-0.39, 0.29) is 11.1 Å². The fraction of sp³-hybridized carbons (Fsp3) is 0.500. The summed E-state index contributed by atoms with van der Waals surface area (Å²) in [6.45, 7) is 1.98. The summed E-state index contributed by atoms with van der Waals surface area (Å²) in [5.41, 5.74) is 0.709. The summed E-state index contributed by atoms with van der Waals surface area (Å²) in [5.74, 6) is -1.64. The topological polar surface area (TPSA) is 0 Å². The lowest BCUT2D eigenvalue weighted by molar-refractivity contribution is -0.134. The van der Waals surface area contributed by atoms with Gasteiger partial charge >= 0.3 is 6.18 Å². The second kappa shape index (κ2) is 8.63. The minimum Gasteiger partial charge on any atom is -0.203 e. The van der Waals surface area contributed by atoms with E-state index in [9.17, 15) is 22.0 Å². The van der Waals surface area contributed by atoms with Gasteiger partial charge in [0.15, 0.2) is 11.6 Å². The van der Waals surface area contributed by atoms with Crippen LogP contribution in [-0.4, -0.2) is 6.18 Å². The molecule has 0 aliphatic heterocycles. The second-order valence-electron chi connectivity index (χ2n) is 6.53. The predicted molar refractivity (Wildman–Crippen MR) is 90.1 cm³/mol. The molecule has 0 fully saturated rings. The van der Waals surface area contributed by atoms with Gasteiger partial charge in [0.2, 0.25) is 0 Å². The van der Waals surface area contributed by atoms with Crippen LogP contribution in [0.25, 0.3) is 5.57 Å². The molecule has 0 spiro atoms. The van der Waals surface area contributed by atoms with Gasteiger partial charge in [0.1, 0.15) is 0 Å². The highest BCUT2D eigenvalue weighted by Gasteiger charge is 2.28. The molecule has 0 nitrogen and oxygen atoms in total. The highest BCUT2D eigenvalue weighted by molar-refractivity contribution is 5.67. The van der Waals surface area contributed by atoms with Crippen LogP contribution in [0.3, 0.4) is 0 Å². The summed E-state index contributed by atoms with van der Waals surface area (Å²) in [5, 5.41) is 0. The Bertz CT molecular complexity index is 640. The highest BCUT2D eigenvalue weighted by Crippen LogP contribution is 2.35. The molecule has 0 N–H and O–H groups in total. The molecule has 1 unspecified atom stereocenters. The summed E-state index contributed by atoms with van der Waals surface area (Å²) in [4.78, 5) is 0. The Morgan fingerprint density at radius 3 is 2.52 bits per heavy atom. The first-order valence-electron chi connectivity index (χ1n) is 8.66. The van der Waals surface area contributed by atoms with Gasteiger partial charge in [-0.3, -0.25) is 0 Å². The Morgan fingerprint density at radius 1 is 1.16 bits per heavy atom. The predicted octanol–water partition coefficient (Wildman–Crippen LogP) is 7.00. The SMILES string of the molecule is C/C=C/CCC1CC=C(c2ccc(CCC(F)(F)F)c(F)c2F)CC1. The molecular formula is C20H23F5. The Hall–Kier alpha value is -1.65. The van der Waals surface area contributed by atoms with Crippen molar-refractivity contribution in [2.75, 3.05) is 0 Å². The van der Waals surface area contributed by atoms with Gasteiger partial charge in [-0.2, -0.15) is 13.2 Å². The number of allylic oxidation sites excluding steroid dienone is 4. The van der Waals surface area contributed by atoms with Gasteiger partial charge in [-0.25, -0.2) is 8.78 Å². The van der Waals surface area contributed by atoms with Crippen LogP contribution in [0.4, 0.5) is 22.0 Å². The lowest BCUT2D eigenvalue weighted by Gasteiger charge is -2.22. The third-order valence-electron chi connectivity index (χ3n) is 4.68. The minimum absolute atomic E-state index is 0.181. The molecule has 0 radical (unpaired) electrons. The average molecular weight is 358 g/mol. The molecule has 2 rings (SSSR count). The van der Waals surface area contributed by atoms with Crippen molar-refractivity contribution in [2.24, 2.45) is 5.92 Å². The van der Waals surface area contributed by atoms with Gasteiger partial charge in [0.25, 0.3) is 0 Å². The zero-order valence-corrected chi connectivity index (χ0v) is 14.3. The first-order valence-corrected chi connectivity index (χ1v) is 8.66. The van der Waals surface area contributed by atoms with Crippen molar-refractivity contribution in [3.63, 3.8) is 0 Å². The monoisotopic (exact) mass is 358 g/mol. The van der Waals surface area contributed by atoms with E-state index in [1.54, 1.807) is 0 Å². The quantitative estimate of drug-likeness (QED) is 0.379. The summed E-state index contributed by atoms with van der Waals surface area (Å²) < 4.78 is 65.2. The van der Waals surface area contributed by atoms with Crippen molar-refractivity contribution in [2.45, 2.75) is 58.0 Å².